The standard InChI is InChI=1S/C12H17BrN2O3S/c1-8-7-18-9(2)6-15(8)19(16,17)12-4-3-10(14)5-11(12)13/h3-5,8-9H,6-7,14H2,1-2H3. The number of hydrogen-bond donors (Lipinski definition) is 1. The van der Waals surface area contributed by atoms with Gasteiger partial charge in [-0.25, -0.2) is 8.42 Å². The Hall–Kier alpha value is -0.630. The Bertz CT molecular complexity index is 576. The Morgan fingerprint density at radius 3 is 2.74 bits per heavy atom. The molecule has 2 N–H and O–H groups in total. The van der Waals surface area contributed by atoms with Crippen molar-refractivity contribution in [2.24, 2.45) is 0 Å². The van der Waals surface area contributed by atoms with Crippen molar-refractivity contribution >= 4 is 31.6 Å². The van der Waals surface area contributed by atoms with Gasteiger partial charge < -0.3 is 10.5 Å². The fourth-order valence-corrected chi connectivity index (χ4v) is 4.81. The zero-order valence-electron chi connectivity index (χ0n) is 10.8. The van der Waals surface area contributed by atoms with Crippen molar-refractivity contribution in [3.05, 3.63) is 22.7 Å². The molecule has 0 aliphatic carbocycles. The van der Waals surface area contributed by atoms with E-state index in [1.807, 2.05) is 13.8 Å². The normalized spacial score (nSPS) is 25.4. The van der Waals surface area contributed by atoms with Crippen molar-refractivity contribution in [3.63, 3.8) is 0 Å². The summed E-state index contributed by atoms with van der Waals surface area (Å²) in [6.07, 6.45) is -0.0986. The predicted molar refractivity (Wildman–Crippen MR) is 77.3 cm³/mol. The highest BCUT2D eigenvalue weighted by Gasteiger charge is 2.35. The van der Waals surface area contributed by atoms with Crippen molar-refractivity contribution < 1.29 is 13.2 Å². The maximum absolute atomic E-state index is 12.7. The summed E-state index contributed by atoms with van der Waals surface area (Å²) in [6, 6.07) is 4.54. The van der Waals surface area contributed by atoms with Gasteiger partial charge in [0.25, 0.3) is 0 Å². The molecule has 0 aromatic heterocycles. The Labute approximate surface area is 121 Å². The third-order valence-electron chi connectivity index (χ3n) is 3.09. The summed E-state index contributed by atoms with van der Waals surface area (Å²) in [4.78, 5) is 0.239. The minimum absolute atomic E-state index is 0.0986. The van der Waals surface area contributed by atoms with Crippen LogP contribution in [0.4, 0.5) is 5.69 Å². The number of sulfonamides is 1. The third kappa shape index (κ3) is 2.94. The van der Waals surface area contributed by atoms with Crippen LogP contribution in [0.25, 0.3) is 0 Å². The molecule has 0 radical (unpaired) electrons. The first-order valence-electron chi connectivity index (χ1n) is 6.01. The first-order chi connectivity index (χ1) is 8.82. The average molecular weight is 349 g/mol. The minimum Gasteiger partial charge on any atom is -0.399 e. The third-order valence-corrected chi connectivity index (χ3v) is 6.05. The number of anilines is 1. The first kappa shape index (κ1) is 14.8. The molecular formula is C12H17BrN2O3S. The number of ether oxygens (including phenoxy) is 1. The van der Waals surface area contributed by atoms with E-state index in [0.717, 1.165) is 0 Å². The number of rotatable bonds is 2. The molecule has 7 heteroatoms. The van der Waals surface area contributed by atoms with Gasteiger partial charge >= 0.3 is 0 Å². The molecule has 106 valence electrons. The number of nitrogen functional groups attached to an aromatic ring is 1. The summed E-state index contributed by atoms with van der Waals surface area (Å²) in [5.74, 6) is 0. The van der Waals surface area contributed by atoms with Gasteiger partial charge in [0.15, 0.2) is 0 Å². The van der Waals surface area contributed by atoms with Crippen LogP contribution < -0.4 is 5.73 Å². The molecule has 0 spiro atoms. The summed E-state index contributed by atoms with van der Waals surface area (Å²) in [5, 5.41) is 0. The lowest BCUT2D eigenvalue weighted by molar-refractivity contribution is -0.0170. The van der Waals surface area contributed by atoms with Crippen LogP contribution in [0.1, 0.15) is 13.8 Å². The molecule has 1 aromatic carbocycles. The van der Waals surface area contributed by atoms with Crippen LogP contribution in [-0.4, -0.2) is 38.0 Å². The zero-order valence-corrected chi connectivity index (χ0v) is 13.2. The molecule has 1 aliphatic rings. The zero-order chi connectivity index (χ0) is 14.2. The van der Waals surface area contributed by atoms with E-state index in [2.05, 4.69) is 15.9 Å². The molecule has 19 heavy (non-hydrogen) atoms. The highest BCUT2D eigenvalue weighted by atomic mass is 79.9. The van der Waals surface area contributed by atoms with E-state index in [4.69, 9.17) is 10.5 Å². The molecule has 1 saturated heterocycles. The number of nitrogens with zero attached hydrogens (tertiary/aromatic N) is 1. The quantitative estimate of drug-likeness (QED) is 0.827. The Balaban J connectivity index is 2.41. The van der Waals surface area contributed by atoms with E-state index < -0.39 is 10.0 Å². The highest BCUT2D eigenvalue weighted by Crippen LogP contribution is 2.29. The monoisotopic (exact) mass is 348 g/mol. The van der Waals surface area contributed by atoms with Gasteiger partial charge in [0.2, 0.25) is 10.0 Å². The van der Waals surface area contributed by atoms with E-state index in [1.54, 1.807) is 12.1 Å². The summed E-state index contributed by atoms with van der Waals surface area (Å²) >= 11 is 3.27. The molecule has 0 saturated carbocycles. The smallest absolute Gasteiger partial charge is 0.244 e. The lowest BCUT2D eigenvalue weighted by atomic mass is 10.2. The minimum atomic E-state index is -3.54. The van der Waals surface area contributed by atoms with Gasteiger partial charge in [0, 0.05) is 22.7 Å². The van der Waals surface area contributed by atoms with Crippen LogP contribution >= 0.6 is 15.9 Å². The van der Waals surface area contributed by atoms with Crippen LogP contribution in [0.2, 0.25) is 0 Å². The molecule has 1 heterocycles. The summed E-state index contributed by atoms with van der Waals surface area (Å²) in [6.45, 7) is 4.48. The number of nitrogens with two attached hydrogens (primary N) is 1. The van der Waals surface area contributed by atoms with E-state index in [-0.39, 0.29) is 17.0 Å². The molecule has 0 amide bonds. The summed E-state index contributed by atoms with van der Waals surface area (Å²) < 4.78 is 32.8. The molecule has 1 aromatic rings. The Morgan fingerprint density at radius 1 is 1.42 bits per heavy atom. The first-order valence-corrected chi connectivity index (χ1v) is 8.24. The second-order valence-electron chi connectivity index (χ2n) is 4.76. The summed E-state index contributed by atoms with van der Waals surface area (Å²) in [5.41, 5.74) is 6.16. The largest absolute Gasteiger partial charge is 0.399 e. The molecule has 1 fully saturated rings. The van der Waals surface area contributed by atoms with Crippen LogP contribution in [-0.2, 0) is 14.8 Å². The maximum atomic E-state index is 12.7. The fraction of sp³-hybridized carbons (Fsp3) is 0.500. The molecule has 2 atom stereocenters. The van der Waals surface area contributed by atoms with E-state index in [9.17, 15) is 8.42 Å². The van der Waals surface area contributed by atoms with Crippen molar-refractivity contribution in [2.75, 3.05) is 18.9 Å². The predicted octanol–water partition coefficient (Wildman–Crippen LogP) is 1.83. The SMILES string of the molecule is CC1CN(S(=O)(=O)c2ccc(N)cc2Br)C(C)CO1. The molecular weight excluding hydrogens is 332 g/mol. The van der Waals surface area contributed by atoms with E-state index in [0.29, 0.717) is 23.3 Å². The van der Waals surface area contributed by atoms with Crippen molar-refractivity contribution in [1.82, 2.24) is 4.31 Å². The average Bonchev–Trinajstić information content (AvgIpc) is 2.31. The lowest BCUT2D eigenvalue weighted by Gasteiger charge is -2.35. The van der Waals surface area contributed by atoms with E-state index in [1.165, 1.54) is 10.4 Å². The van der Waals surface area contributed by atoms with Gasteiger partial charge in [0.05, 0.1) is 17.6 Å². The fourth-order valence-electron chi connectivity index (χ4n) is 2.06. The molecule has 1 aliphatic heterocycles. The number of morpholine rings is 1. The second kappa shape index (κ2) is 5.40. The number of hydrogen-bond acceptors (Lipinski definition) is 4. The Kier molecular flexibility index (Phi) is 4.20. The molecule has 2 unspecified atom stereocenters. The maximum Gasteiger partial charge on any atom is 0.244 e. The van der Waals surface area contributed by atoms with Crippen LogP contribution in [0.3, 0.4) is 0 Å². The van der Waals surface area contributed by atoms with Crippen LogP contribution in [0, 0.1) is 0 Å². The van der Waals surface area contributed by atoms with Crippen molar-refractivity contribution in [3.8, 4) is 0 Å². The lowest BCUT2D eigenvalue weighted by Crippen LogP contribution is -2.50. The topological polar surface area (TPSA) is 72.6 Å². The number of benzene rings is 1. The van der Waals surface area contributed by atoms with Gasteiger partial charge in [-0.2, -0.15) is 4.31 Å². The number of halogens is 1. The van der Waals surface area contributed by atoms with Gasteiger partial charge in [-0.3, -0.25) is 0 Å². The van der Waals surface area contributed by atoms with Crippen molar-refractivity contribution in [2.45, 2.75) is 30.9 Å². The highest BCUT2D eigenvalue weighted by molar-refractivity contribution is 9.10. The van der Waals surface area contributed by atoms with Crippen molar-refractivity contribution in [1.29, 1.82) is 0 Å². The van der Waals surface area contributed by atoms with Gasteiger partial charge in [-0.15, -0.1) is 0 Å². The van der Waals surface area contributed by atoms with E-state index >= 15 is 0 Å². The molecule has 2 rings (SSSR count). The van der Waals surface area contributed by atoms with Crippen LogP contribution in [0.5, 0.6) is 0 Å². The second-order valence-corrected chi connectivity index (χ2v) is 7.47. The molecule has 0 bridgehead atoms. The van der Waals surface area contributed by atoms with Gasteiger partial charge in [0.1, 0.15) is 0 Å². The van der Waals surface area contributed by atoms with Gasteiger partial charge in [-0.05, 0) is 48.0 Å². The Morgan fingerprint density at radius 2 is 2.11 bits per heavy atom. The summed E-state index contributed by atoms with van der Waals surface area (Å²) in [7, 11) is -3.54. The van der Waals surface area contributed by atoms with Crippen LogP contribution in [0.15, 0.2) is 27.6 Å². The molecule has 5 nitrogen and oxygen atoms in total. The van der Waals surface area contributed by atoms with Gasteiger partial charge in [-0.1, -0.05) is 0 Å².